The van der Waals surface area contributed by atoms with Crippen molar-refractivity contribution in [1.82, 2.24) is 0 Å². The van der Waals surface area contributed by atoms with Gasteiger partial charge in [0.25, 0.3) is 5.69 Å². The number of halogens is 1. The molecule has 0 amide bonds. The first-order valence-corrected chi connectivity index (χ1v) is 11.6. The Hall–Kier alpha value is -3.21. The minimum atomic E-state index is -0.539. The molecule has 3 aromatic carbocycles. The van der Waals surface area contributed by atoms with E-state index in [1.54, 1.807) is 12.1 Å². The van der Waals surface area contributed by atoms with Crippen molar-refractivity contribution in [3.05, 3.63) is 127 Å². The van der Waals surface area contributed by atoms with E-state index in [-0.39, 0.29) is 16.7 Å². The Morgan fingerprint density at radius 3 is 1.94 bits per heavy atom. The molecule has 1 atom stereocenters. The Balaban J connectivity index is 2.06. The van der Waals surface area contributed by atoms with Crippen LogP contribution in [0.5, 0.6) is 0 Å². The Labute approximate surface area is 205 Å². The minimum Gasteiger partial charge on any atom is -0.358 e. The van der Waals surface area contributed by atoms with Crippen molar-refractivity contribution in [2.75, 3.05) is 0 Å². The fourth-order valence-corrected chi connectivity index (χ4v) is 4.94. The smallest absolute Gasteiger partial charge is 0.269 e. The van der Waals surface area contributed by atoms with Gasteiger partial charge in [0.05, 0.1) is 10.5 Å². The van der Waals surface area contributed by atoms with Crippen LogP contribution in [0.4, 0.5) is 5.69 Å². The first-order valence-electron chi connectivity index (χ1n) is 11.3. The first kappa shape index (κ1) is 23.9. The molecule has 174 valence electrons. The maximum absolute atomic E-state index is 11.2. The number of benzene rings is 3. The first-order chi connectivity index (χ1) is 16.1. The highest BCUT2D eigenvalue weighted by molar-refractivity contribution is 6.30. The van der Waals surface area contributed by atoms with Crippen molar-refractivity contribution in [3.8, 4) is 0 Å². The Morgan fingerprint density at radius 1 is 0.912 bits per heavy atom. The van der Waals surface area contributed by atoms with Gasteiger partial charge in [-0.15, -0.1) is 0 Å². The fourth-order valence-electron chi connectivity index (χ4n) is 4.82. The van der Waals surface area contributed by atoms with E-state index in [4.69, 9.17) is 16.3 Å². The Bertz CT molecular complexity index is 1230. The molecule has 3 aromatic rings. The Kier molecular flexibility index (Phi) is 6.48. The molecule has 5 heteroatoms. The second kappa shape index (κ2) is 9.21. The summed E-state index contributed by atoms with van der Waals surface area (Å²) in [5.41, 5.74) is 8.15. The molecular formula is C29H28ClNO3. The molecule has 0 aromatic heterocycles. The van der Waals surface area contributed by atoms with Crippen LogP contribution in [0.3, 0.4) is 0 Å². The summed E-state index contributed by atoms with van der Waals surface area (Å²) in [5, 5.41) is 11.9. The zero-order chi connectivity index (χ0) is 24.6. The van der Waals surface area contributed by atoms with Gasteiger partial charge >= 0.3 is 0 Å². The third-order valence-electron chi connectivity index (χ3n) is 6.20. The second-order valence-corrected chi connectivity index (χ2v) is 9.83. The van der Waals surface area contributed by atoms with Crippen LogP contribution in [0.1, 0.15) is 56.1 Å². The molecule has 0 radical (unpaired) electrons. The van der Waals surface area contributed by atoms with Crippen molar-refractivity contribution in [2.24, 2.45) is 0 Å². The lowest BCUT2D eigenvalue weighted by Gasteiger charge is -2.22. The fraction of sp³-hybridized carbons (Fsp3) is 0.241. The van der Waals surface area contributed by atoms with Crippen molar-refractivity contribution in [1.29, 1.82) is 0 Å². The lowest BCUT2D eigenvalue weighted by Crippen LogP contribution is -2.21. The monoisotopic (exact) mass is 473 g/mol. The van der Waals surface area contributed by atoms with Crippen LogP contribution >= 0.6 is 11.6 Å². The van der Waals surface area contributed by atoms with Gasteiger partial charge in [-0.2, -0.15) is 0 Å². The largest absolute Gasteiger partial charge is 0.358 e. The zero-order valence-electron chi connectivity index (χ0n) is 20.1. The van der Waals surface area contributed by atoms with E-state index in [9.17, 15) is 10.1 Å². The molecule has 0 N–H and O–H groups in total. The molecule has 0 bridgehead atoms. The highest BCUT2D eigenvalue weighted by atomic mass is 35.5. The van der Waals surface area contributed by atoms with Gasteiger partial charge in [0, 0.05) is 17.2 Å². The summed E-state index contributed by atoms with van der Waals surface area (Å²) < 4.78 is 6.68. The third-order valence-corrected chi connectivity index (χ3v) is 6.45. The van der Waals surface area contributed by atoms with E-state index in [1.165, 1.54) is 23.3 Å². The molecule has 1 aliphatic heterocycles. The number of allylic oxidation sites excluding steroid dienone is 1. The number of ether oxygens (including phenoxy) is 1. The van der Waals surface area contributed by atoms with Gasteiger partial charge in [-0.05, 0) is 92.3 Å². The summed E-state index contributed by atoms with van der Waals surface area (Å²) in [6.45, 7) is 10.4. The zero-order valence-corrected chi connectivity index (χ0v) is 20.8. The molecule has 0 spiro atoms. The van der Waals surface area contributed by atoms with E-state index < -0.39 is 5.60 Å². The molecule has 0 aliphatic carbocycles. The quantitative estimate of drug-likeness (QED) is 0.283. The number of hydrogen-bond donors (Lipinski definition) is 0. The van der Waals surface area contributed by atoms with E-state index >= 15 is 0 Å². The highest BCUT2D eigenvalue weighted by Gasteiger charge is 2.44. The molecule has 34 heavy (non-hydrogen) atoms. The molecule has 1 fully saturated rings. The summed E-state index contributed by atoms with van der Waals surface area (Å²) in [5.74, 6) is 0. The lowest BCUT2D eigenvalue weighted by atomic mass is 9.80. The van der Waals surface area contributed by atoms with Crippen LogP contribution in [-0.2, 0) is 4.74 Å². The van der Waals surface area contributed by atoms with E-state index in [0.717, 1.165) is 33.4 Å². The second-order valence-electron chi connectivity index (χ2n) is 9.39. The third kappa shape index (κ3) is 4.56. The van der Waals surface area contributed by atoms with Crippen molar-refractivity contribution in [2.45, 2.75) is 46.3 Å². The summed E-state index contributed by atoms with van der Waals surface area (Å²) >= 11 is 6.23. The van der Waals surface area contributed by atoms with E-state index in [2.05, 4.69) is 58.9 Å². The maximum atomic E-state index is 11.2. The summed E-state index contributed by atoms with van der Waals surface area (Å²) in [6.07, 6.45) is -0.382. The van der Waals surface area contributed by atoms with Crippen molar-refractivity contribution < 1.29 is 9.66 Å². The molecule has 1 saturated heterocycles. The topological polar surface area (TPSA) is 52.4 Å². The van der Waals surface area contributed by atoms with Gasteiger partial charge in [-0.25, -0.2) is 0 Å². The van der Waals surface area contributed by atoms with Crippen molar-refractivity contribution in [3.63, 3.8) is 0 Å². The molecular weight excluding hydrogens is 446 g/mol. The SMILES string of the molecule is CC(C)=C1/C(=C(\c2ccc(C)cc2)c2ccc(Cl)cc2)C(c2ccc([N+](=O)[O-])cc2)OC1(C)C. The van der Waals surface area contributed by atoms with Gasteiger partial charge in [0.15, 0.2) is 0 Å². The molecule has 4 rings (SSSR count). The van der Waals surface area contributed by atoms with E-state index in [1.807, 2.05) is 24.3 Å². The number of non-ortho nitro benzene ring substituents is 1. The van der Waals surface area contributed by atoms with E-state index in [0.29, 0.717) is 5.02 Å². The summed E-state index contributed by atoms with van der Waals surface area (Å²) in [6, 6.07) is 23.0. The summed E-state index contributed by atoms with van der Waals surface area (Å²) in [4.78, 5) is 10.8. The predicted molar refractivity (Wildman–Crippen MR) is 138 cm³/mol. The van der Waals surface area contributed by atoms with Gasteiger partial charge in [-0.3, -0.25) is 10.1 Å². The minimum absolute atomic E-state index is 0.0606. The normalized spacial score (nSPS) is 18.6. The van der Waals surface area contributed by atoms with Crippen LogP contribution in [0.15, 0.2) is 89.5 Å². The predicted octanol–water partition coefficient (Wildman–Crippen LogP) is 8.25. The van der Waals surface area contributed by atoms with Crippen LogP contribution in [0.2, 0.25) is 5.02 Å². The lowest BCUT2D eigenvalue weighted by molar-refractivity contribution is -0.384. The number of aryl methyl sites for hydroxylation is 1. The van der Waals surface area contributed by atoms with Crippen LogP contribution < -0.4 is 0 Å². The number of rotatable bonds is 4. The highest BCUT2D eigenvalue weighted by Crippen LogP contribution is 2.52. The maximum Gasteiger partial charge on any atom is 0.269 e. The molecule has 1 heterocycles. The number of nitrogens with zero attached hydrogens (tertiary/aromatic N) is 1. The van der Waals surface area contributed by atoms with Gasteiger partial charge in [-0.1, -0.05) is 59.1 Å². The average molecular weight is 474 g/mol. The van der Waals surface area contributed by atoms with Crippen molar-refractivity contribution >= 4 is 22.9 Å². The number of hydrogen-bond acceptors (Lipinski definition) is 3. The van der Waals surface area contributed by atoms with Crippen LogP contribution in [0.25, 0.3) is 5.57 Å². The molecule has 1 aliphatic rings. The standard InChI is InChI=1S/C29H28ClNO3/c1-18(2)27-26(28(34-29(27,4)5)22-12-16-24(17-13-22)31(32)33)25(20-8-6-19(3)7-9-20)21-10-14-23(30)15-11-21/h6-17,28H,1-5H3/b26-25-. The molecule has 4 nitrogen and oxygen atoms in total. The number of nitro groups is 1. The van der Waals surface area contributed by atoms with Crippen LogP contribution in [-0.4, -0.2) is 10.5 Å². The molecule has 1 unspecified atom stereocenters. The number of nitro benzene ring substituents is 1. The van der Waals surface area contributed by atoms with Gasteiger partial charge < -0.3 is 4.74 Å². The average Bonchev–Trinajstić information content (AvgIpc) is 3.07. The van der Waals surface area contributed by atoms with Gasteiger partial charge in [0.2, 0.25) is 0 Å². The Morgan fingerprint density at radius 2 is 1.44 bits per heavy atom. The van der Waals surface area contributed by atoms with Crippen LogP contribution in [0, 0.1) is 17.0 Å². The van der Waals surface area contributed by atoms with Gasteiger partial charge in [0.1, 0.15) is 6.10 Å². The molecule has 0 saturated carbocycles. The summed E-state index contributed by atoms with van der Waals surface area (Å²) in [7, 11) is 0.